The van der Waals surface area contributed by atoms with Crippen molar-refractivity contribution in [2.24, 2.45) is 0 Å². The van der Waals surface area contributed by atoms with Gasteiger partial charge in [0.15, 0.2) is 5.82 Å². The van der Waals surface area contributed by atoms with Gasteiger partial charge in [-0.3, -0.25) is 5.10 Å². The third-order valence-electron chi connectivity index (χ3n) is 1.95. The first-order chi connectivity index (χ1) is 6.66. The molecule has 3 N–H and O–H groups in total. The van der Waals surface area contributed by atoms with Crippen molar-refractivity contribution in [3.05, 3.63) is 29.6 Å². The number of H-pyrrole nitrogens is 1. The predicted molar refractivity (Wildman–Crippen MR) is 50.9 cm³/mol. The maximum atomic E-state index is 13.2. The van der Waals surface area contributed by atoms with E-state index in [-0.39, 0.29) is 11.8 Å². The monoisotopic (exact) mass is 192 g/mol. The van der Waals surface area contributed by atoms with Crippen LogP contribution < -0.4 is 5.73 Å². The number of nitrogens with zero attached hydrogens (tertiary/aromatic N) is 2. The highest BCUT2D eigenvalue weighted by Crippen LogP contribution is 2.18. The lowest BCUT2D eigenvalue weighted by Crippen LogP contribution is -1.87. The van der Waals surface area contributed by atoms with Crippen LogP contribution >= 0.6 is 0 Å². The Balaban J connectivity index is 2.47. The van der Waals surface area contributed by atoms with Gasteiger partial charge in [-0.2, -0.15) is 4.98 Å². The molecule has 0 radical (unpaired) electrons. The number of rotatable bonds is 1. The fourth-order valence-electron chi connectivity index (χ4n) is 1.14. The van der Waals surface area contributed by atoms with Crippen LogP contribution in [-0.4, -0.2) is 15.2 Å². The molecule has 0 fully saturated rings. The third-order valence-corrected chi connectivity index (χ3v) is 1.95. The van der Waals surface area contributed by atoms with Crippen molar-refractivity contribution in [3.8, 4) is 11.4 Å². The Kier molecular flexibility index (Phi) is 1.92. The summed E-state index contributed by atoms with van der Waals surface area (Å²) < 4.78 is 13.2. The molecule has 0 saturated heterocycles. The molecule has 2 rings (SSSR count). The van der Waals surface area contributed by atoms with Gasteiger partial charge in [0.1, 0.15) is 5.82 Å². The molecule has 1 aromatic heterocycles. The van der Waals surface area contributed by atoms with Crippen molar-refractivity contribution in [2.45, 2.75) is 6.92 Å². The first-order valence-electron chi connectivity index (χ1n) is 4.11. The fourth-order valence-corrected chi connectivity index (χ4v) is 1.14. The first kappa shape index (κ1) is 8.68. The minimum Gasteiger partial charge on any atom is -0.366 e. The van der Waals surface area contributed by atoms with E-state index in [2.05, 4.69) is 15.2 Å². The number of nitrogens with one attached hydrogen (secondary N) is 1. The van der Waals surface area contributed by atoms with Crippen LogP contribution in [0.25, 0.3) is 11.4 Å². The van der Waals surface area contributed by atoms with Gasteiger partial charge in [0.05, 0.1) is 0 Å². The largest absolute Gasteiger partial charge is 0.366 e. The van der Waals surface area contributed by atoms with Crippen molar-refractivity contribution >= 4 is 5.95 Å². The number of nitrogen functional groups attached to an aromatic ring is 1. The standard InChI is InChI=1S/C9H9FN4/c1-5-2-3-6(4-7(5)10)8-12-9(11)14-13-8/h2-4H,1H3,(H3,11,12,13,14). The van der Waals surface area contributed by atoms with Crippen LogP contribution in [0.4, 0.5) is 10.3 Å². The van der Waals surface area contributed by atoms with E-state index in [0.717, 1.165) is 0 Å². The lowest BCUT2D eigenvalue weighted by atomic mass is 10.1. The van der Waals surface area contributed by atoms with E-state index in [1.165, 1.54) is 6.07 Å². The van der Waals surface area contributed by atoms with Crippen LogP contribution in [0.15, 0.2) is 18.2 Å². The highest BCUT2D eigenvalue weighted by molar-refractivity contribution is 5.56. The van der Waals surface area contributed by atoms with E-state index in [4.69, 9.17) is 5.73 Å². The molecule has 72 valence electrons. The first-order valence-corrected chi connectivity index (χ1v) is 4.11. The van der Waals surface area contributed by atoms with Crippen molar-refractivity contribution < 1.29 is 4.39 Å². The van der Waals surface area contributed by atoms with Gasteiger partial charge in [0.25, 0.3) is 0 Å². The second-order valence-corrected chi connectivity index (χ2v) is 3.01. The summed E-state index contributed by atoms with van der Waals surface area (Å²) in [5, 5.41) is 6.28. The quantitative estimate of drug-likeness (QED) is 0.719. The maximum Gasteiger partial charge on any atom is 0.239 e. The zero-order valence-electron chi connectivity index (χ0n) is 7.58. The molecule has 0 saturated carbocycles. The van der Waals surface area contributed by atoms with Gasteiger partial charge in [0, 0.05) is 5.56 Å². The van der Waals surface area contributed by atoms with Crippen LogP contribution in [0.1, 0.15) is 5.56 Å². The molecule has 0 spiro atoms. The average molecular weight is 192 g/mol. The second kappa shape index (κ2) is 3.10. The molecule has 1 heterocycles. The molecule has 0 bridgehead atoms. The van der Waals surface area contributed by atoms with E-state index in [1.807, 2.05) is 0 Å². The highest BCUT2D eigenvalue weighted by atomic mass is 19.1. The molecule has 5 heteroatoms. The van der Waals surface area contributed by atoms with E-state index < -0.39 is 0 Å². The smallest absolute Gasteiger partial charge is 0.239 e. The number of halogens is 1. The van der Waals surface area contributed by atoms with Crippen molar-refractivity contribution in [1.29, 1.82) is 0 Å². The van der Waals surface area contributed by atoms with E-state index in [9.17, 15) is 4.39 Å². The molecule has 14 heavy (non-hydrogen) atoms. The molecule has 4 nitrogen and oxygen atoms in total. The highest BCUT2D eigenvalue weighted by Gasteiger charge is 2.05. The molecule has 0 atom stereocenters. The van der Waals surface area contributed by atoms with Gasteiger partial charge in [-0.15, -0.1) is 5.10 Å². The molecule has 0 aliphatic rings. The Morgan fingerprint density at radius 2 is 2.21 bits per heavy atom. The number of nitrogens with two attached hydrogens (primary N) is 1. The lowest BCUT2D eigenvalue weighted by Gasteiger charge is -1.98. The molecular formula is C9H9FN4. The van der Waals surface area contributed by atoms with Gasteiger partial charge in [-0.05, 0) is 18.6 Å². The summed E-state index contributed by atoms with van der Waals surface area (Å²) in [5.41, 5.74) is 6.57. The Morgan fingerprint density at radius 1 is 1.43 bits per heavy atom. The summed E-state index contributed by atoms with van der Waals surface area (Å²) in [6.07, 6.45) is 0. The Morgan fingerprint density at radius 3 is 2.79 bits per heavy atom. The number of anilines is 1. The maximum absolute atomic E-state index is 13.2. The number of aromatic amines is 1. The molecule has 0 unspecified atom stereocenters. The number of aryl methyl sites for hydroxylation is 1. The van der Waals surface area contributed by atoms with Gasteiger partial charge in [-0.25, -0.2) is 4.39 Å². The zero-order chi connectivity index (χ0) is 10.1. The zero-order valence-corrected chi connectivity index (χ0v) is 7.58. The average Bonchev–Trinajstić information content (AvgIpc) is 2.57. The summed E-state index contributed by atoms with van der Waals surface area (Å²) in [4.78, 5) is 3.90. The van der Waals surface area contributed by atoms with Crippen molar-refractivity contribution in [3.63, 3.8) is 0 Å². The van der Waals surface area contributed by atoms with Gasteiger partial charge in [0.2, 0.25) is 5.95 Å². The number of aromatic nitrogens is 3. The molecular weight excluding hydrogens is 183 g/mol. The van der Waals surface area contributed by atoms with E-state index in [0.29, 0.717) is 17.0 Å². The molecule has 1 aromatic carbocycles. The lowest BCUT2D eigenvalue weighted by molar-refractivity contribution is 0.619. The van der Waals surface area contributed by atoms with E-state index in [1.54, 1.807) is 19.1 Å². The van der Waals surface area contributed by atoms with Gasteiger partial charge < -0.3 is 5.73 Å². The van der Waals surface area contributed by atoms with Crippen LogP contribution in [0, 0.1) is 12.7 Å². The SMILES string of the molecule is Cc1ccc(-c2nc(N)n[nH]2)cc1F. The van der Waals surface area contributed by atoms with Crippen LogP contribution in [-0.2, 0) is 0 Å². The minimum absolute atomic E-state index is 0.154. The normalized spacial score (nSPS) is 10.4. The fraction of sp³-hybridized carbons (Fsp3) is 0.111. The minimum atomic E-state index is -0.266. The molecule has 0 aliphatic carbocycles. The van der Waals surface area contributed by atoms with Crippen molar-refractivity contribution in [2.75, 3.05) is 5.73 Å². The van der Waals surface area contributed by atoms with E-state index >= 15 is 0 Å². The predicted octanol–water partition coefficient (Wildman–Crippen LogP) is 1.50. The van der Waals surface area contributed by atoms with Crippen LogP contribution in [0.2, 0.25) is 0 Å². The van der Waals surface area contributed by atoms with Gasteiger partial charge in [-0.1, -0.05) is 12.1 Å². The summed E-state index contributed by atoms with van der Waals surface area (Å²) >= 11 is 0. The second-order valence-electron chi connectivity index (χ2n) is 3.01. The number of benzene rings is 1. The number of hydrogen-bond donors (Lipinski definition) is 2. The molecule has 0 aliphatic heterocycles. The topological polar surface area (TPSA) is 67.6 Å². The third kappa shape index (κ3) is 1.44. The van der Waals surface area contributed by atoms with Crippen molar-refractivity contribution in [1.82, 2.24) is 15.2 Å². The summed E-state index contributed by atoms with van der Waals surface area (Å²) in [7, 11) is 0. The summed E-state index contributed by atoms with van der Waals surface area (Å²) in [5.74, 6) is 0.361. The Hall–Kier alpha value is -1.91. The summed E-state index contributed by atoms with van der Waals surface area (Å²) in [6, 6.07) is 4.84. The Labute approximate surface area is 80.0 Å². The summed E-state index contributed by atoms with van der Waals surface area (Å²) in [6.45, 7) is 1.70. The van der Waals surface area contributed by atoms with Crippen LogP contribution in [0.3, 0.4) is 0 Å². The van der Waals surface area contributed by atoms with Crippen LogP contribution in [0.5, 0.6) is 0 Å². The van der Waals surface area contributed by atoms with Gasteiger partial charge >= 0.3 is 0 Å². The molecule has 0 amide bonds. The molecule has 2 aromatic rings. The number of hydrogen-bond acceptors (Lipinski definition) is 3. The Bertz CT molecular complexity index is 464.